The lowest BCUT2D eigenvalue weighted by Crippen LogP contribution is -2.40. The van der Waals surface area contributed by atoms with Gasteiger partial charge in [0.1, 0.15) is 6.33 Å². The van der Waals surface area contributed by atoms with Crippen molar-refractivity contribution >= 4 is 16.7 Å². The highest BCUT2D eigenvalue weighted by atomic mass is 32.1. The van der Waals surface area contributed by atoms with Gasteiger partial charge in [0, 0.05) is 30.7 Å². The van der Waals surface area contributed by atoms with E-state index in [1.165, 1.54) is 43.8 Å². The lowest BCUT2D eigenvalue weighted by Gasteiger charge is -2.32. The number of hydrogen-bond acceptors (Lipinski definition) is 5. The Kier molecular flexibility index (Phi) is 3.06. The summed E-state index contributed by atoms with van der Waals surface area (Å²) in [7, 11) is 0. The molecule has 1 saturated heterocycles. The molecule has 1 aromatic heterocycles. The van der Waals surface area contributed by atoms with E-state index < -0.39 is 0 Å². The molecule has 4 nitrogen and oxygen atoms in total. The molecule has 0 bridgehead atoms. The fourth-order valence-corrected chi connectivity index (χ4v) is 2.90. The summed E-state index contributed by atoms with van der Waals surface area (Å²) in [6.45, 7) is 3.48. The first-order valence-electron chi connectivity index (χ1n) is 6.17. The average molecular weight is 238 g/mol. The molecule has 1 aromatic rings. The Morgan fingerprint density at radius 1 is 1.44 bits per heavy atom. The van der Waals surface area contributed by atoms with E-state index in [4.69, 9.17) is 0 Å². The Morgan fingerprint density at radius 2 is 2.38 bits per heavy atom. The summed E-state index contributed by atoms with van der Waals surface area (Å²) >= 11 is 1.51. The van der Waals surface area contributed by atoms with Crippen LogP contribution in [0, 0.1) is 5.92 Å². The van der Waals surface area contributed by atoms with Crippen LogP contribution in [-0.2, 0) is 0 Å². The second kappa shape index (κ2) is 4.67. The molecule has 0 spiro atoms. The SMILES string of the molecule is c1nsc(N2CCCC(CNC3CC3)C2)n1. The van der Waals surface area contributed by atoms with Gasteiger partial charge < -0.3 is 10.2 Å². The van der Waals surface area contributed by atoms with Crippen molar-refractivity contribution < 1.29 is 0 Å². The Bertz CT molecular complexity index is 323. The fraction of sp³-hybridized carbons (Fsp3) is 0.818. The number of hydrogen-bond donors (Lipinski definition) is 1. The van der Waals surface area contributed by atoms with E-state index in [2.05, 4.69) is 19.6 Å². The Hall–Kier alpha value is -0.680. The molecule has 1 atom stereocenters. The molecule has 0 amide bonds. The molecule has 1 aliphatic carbocycles. The fourth-order valence-electron chi connectivity index (χ4n) is 2.33. The predicted octanol–water partition coefficient (Wildman–Crippen LogP) is 1.51. The van der Waals surface area contributed by atoms with Crippen molar-refractivity contribution in [1.82, 2.24) is 14.7 Å². The van der Waals surface area contributed by atoms with Crippen molar-refractivity contribution in [3.05, 3.63) is 6.33 Å². The molecule has 0 radical (unpaired) electrons. The number of piperidine rings is 1. The Balaban J connectivity index is 1.52. The largest absolute Gasteiger partial charge is 0.347 e. The molecule has 88 valence electrons. The molecular formula is C11H18N4S. The van der Waals surface area contributed by atoms with Gasteiger partial charge in [-0.2, -0.15) is 4.37 Å². The van der Waals surface area contributed by atoms with Crippen LogP contribution >= 0.6 is 11.5 Å². The minimum absolute atomic E-state index is 0.790. The van der Waals surface area contributed by atoms with Crippen molar-refractivity contribution in [1.29, 1.82) is 0 Å². The summed E-state index contributed by atoms with van der Waals surface area (Å²) in [6, 6.07) is 0.830. The minimum atomic E-state index is 0.790. The van der Waals surface area contributed by atoms with Crippen LogP contribution in [0.25, 0.3) is 0 Å². The van der Waals surface area contributed by atoms with E-state index in [1.54, 1.807) is 6.33 Å². The standard InChI is InChI=1S/C11H18N4S/c1-2-9(6-12-10-3-4-10)7-15(5-1)11-13-8-14-16-11/h8-10,12H,1-7H2. The van der Waals surface area contributed by atoms with Crippen LogP contribution < -0.4 is 10.2 Å². The molecule has 0 aromatic carbocycles. The maximum Gasteiger partial charge on any atom is 0.204 e. The maximum atomic E-state index is 4.29. The molecule has 2 heterocycles. The van der Waals surface area contributed by atoms with Crippen molar-refractivity contribution in [2.24, 2.45) is 5.92 Å². The number of nitrogens with zero attached hydrogens (tertiary/aromatic N) is 3. The monoisotopic (exact) mass is 238 g/mol. The maximum absolute atomic E-state index is 4.29. The van der Waals surface area contributed by atoms with Crippen molar-refractivity contribution in [2.45, 2.75) is 31.7 Å². The number of rotatable bonds is 4. The van der Waals surface area contributed by atoms with Gasteiger partial charge in [-0.15, -0.1) is 0 Å². The zero-order valence-corrected chi connectivity index (χ0v) is 10.2. The summed E-state index contributed by atoms with van der Waals surface area (Å²) in [6.07, 6.45) is 7.07. The third-order valence-electron chi connectivity index (χ3n) is 3.41. The van der Waals surface area contributed by atoms with Crippen LogP contribution in [0.2, 0.25) is 0 Å². The molecule has 1 N–H and O–H groups in total. The second-order valence-electron chi connectivity index (χ2n) is 4.86. The number of aromatic nitrogens is 2. The molecule has 1 saturated carbocycles. The van der Waals surface area contributed by atoms with Crippen LogP contribution in [0.15, 0.2) is 6.33 Å². The Morgan fingerprint density at radius 3 is 3.12 bits per heavy atom. The van der Waals surface area contributed by atoms with Gasteiger partial charge in [0.15, 0.2) is 0 Å². The zero-order chi connectivity index (χ0) is 10.8. The molecule has 2 fully saturated rings. The van der Waals surface area contributed by atoms with Crippen LogP contribution in [0.4, 0.5) is 5.13 Å². The molecule has 5 heteroatoms. The molecular weight excluding hydrogens is 220 g/mol. The van der Waals surface area contributed by atoms with E-state index in [-0.39, 0.29) is 0 Å². The highest BCUT2D eigenvalue weighted by Crippen LogP contribution is 2.24. The van der Waals surface area contributed by atoms with Gasteiger partial charge in [0.2, 0.25) is 5.13 Å². The van der Waals surface area contributed by atoms with E-state index in [0.717, 1.165) is 30.2 Å². The van der Waals surface area contributed by atoms with E-state index in [0.29, 0.717) is 0 Å². The van der Waals surface area contributed by atoms with Gasteiger partial charge in [-0.1, -0.05) is 0 Å². The van der Waals surface area contributed by atoms with E-state index >= 15 is 0 Å². The van der Waals surface area contributed by atoms with Crippen LogP contribution in [-0.4, -0.2) is 35.0 Å². The summed E-state index contributed by atoms with van der Waals surface area (Å²) in [5, 5.41) is 4.73. The summed E-state index contributed by atoms with van der Waals surface area (Å²) < 4.78 is 4.08. The lowest BCUT2D eigenvalue weighted by atomic mass is 9.98. The molecule has 16 heavy (non-hydrogen) atoms. The Labute approximate surface area is 100 Å². The quantitative estimate of drug-likeness (QED) is 0.863. The summed E-state index contributed by atoms with van der Waals surface area (Å²) in [4.78, 5) is 6.68. The third kappa shape index (κ3) is 2.52. The van der Waals surface area contributed by atoms with Crippen molar-refractivity contribution in [2.75, 3.05) is 24.5 Å². The second-order valence-corrected chi connectivity index (χ2v) is 5.62. The van der Waals surface area contributed by atoms with Gasteiger partial charge in [-0.3, -0.25) is 0 Å². The highest BCUT2D eigenvalue weighted by molar-refractivity contribution is 7.09. The highest BCUT2D eigenvalue weighted by Gasteiger charge is 2.25. The first kappa shape index (κ1) is 10.5. The van der Waals surface area contributed by atoms with Gasteiger partial charge in [0.05, 0.1) is 0 Å². The zero-order valence-electron chi connectivity index (χ0n) is 9.43. The summed E-state index contributed by atoms with van der Waals surface area (Å²) in [5.74, 6) is 0.790. The lowest BCUT2D eigenvalue weighted by molar-refractivity contribution is 0.391. The van der Waals surface area contributed by atoms with Crippen LogP contribution in [0.5, 0.6) is 0 Å². The van der Waals surface area contributed by atoms with Crippen LogP contribution in [0.1, 0.15) is 25.7 Å². The first-order valence-corrected chi connectivity index (χ1v) is 6.94. The molecule has 3 rings (SSSR count). The van der Waals surface area contributed by atoms with Gasteiger partial charge in [-0.25, -0.2) is 4.98 Å². The van der Waals surface area contributed by atoms with Gasteiger partial charge in [-0.05, 0) is 38.1 Å². The van der Waals surface area contributed by atoms with Gasteiger partial charge in [0.25, 0.3) is 0 Å². The number of anilines is 1. The van der Waals surface area contributed by atoms with Crippen molar-refractivity contribution in [3.8, 4) is 0 Å². The average Bonchev–Trinajstić information content (AvgIpc) is 2.99. The molecule has 1 aliphatic heterocycles. The minimum Gasteiger partial charge on any atom is -0.347 e. The van der Waals surface area contributed by atoms with Crippen LogP contribution in [0.3, 0.4) is 0 Å². The smallest absolute Gasteiger partial charge is 0.204 e. The normalized spacial score (nSPS) is 26.0. The topological polar surface area (TPSA) is 41.1 Å². The van der Waals surface area contributed by atoms with E-state index in [1.807, 2.05) is 0 Å². The summed E-state index contributed by atoms with van der Waals surface area (Å²) in [5.41, 5.74) is 0. The van der Waals surface area contributed by atoms with Gasteiger partial charge >= 0.3 is 0 Å². The molecule has 1 unspecified atom stereocenters. The van der Waals surface area contributed by atoms with E-state index in [9.17, 15) is 0 Å². The molecule has 2 aliphatic rings. The van der Waals surface area contributed by atoms with Crippen molar-refractivity contribution in [3.63, 3.8) is 0 Å². The number of nitrogens with one attached hydrogen (secondary N) is 1. The predicted molar refractivity (Wildman–Crippen MR) is 65.9 cm³/mol. The third-order valence-corrected chi connectivity index (χ3v) is 4.14. The first-order chi connectivity index (χ1) is 7.92.